The van der Waals surface area contributed by atoms with Crippen LogP contribution in [0.25, 0.3) is 0 Å². The van der Waals surface area contributed by atoms with Crippen LogP contribution >= 0.6 is 23.2 Å². The number of benzene rings is 2. The van der Waals surface area contributed by atoms with E-state index in [0.29, 0.717) is 48.7 Å². The van der Waals surface area contributed by atoms with Crippen molar-refractivity contribution in [2.24, 2.45) is 10.2 Å². The predicted octanol–water partition coefficient (Wildman–Crippen LogP) is 6.27. The maximum atomic E-state index is 13.1. The van der Waals surface area contributed by atoms with Gasteiger partial charge in [0.05, 0.1) is 31.5 Å². The second-order valence-corrected chi connectivity index (χ2v) is 7.80. The number of ketones is 1. The van der Waals surface area contributed by atoms with Crippen molar-refractivity contribution < 1.29 is 28.5 Å². The number of anilines is 1. The minimum atomic E-state index is -1.47. The lowest BCUT2D eigenvalue weighted by molar-refractivity contribution is -0.126. The Balaban J connectivity index is 2.45. The SMILES string of the molecule is CCOc1ccc(Cl)c(OCC)c1NC(=O)C(N=Nc1cc(Cl)cc(OCC)c1OCC)C(C)=O. The van der Waals surface area contributed by atoms with Crippen LogP contribution in [0.2, 0.25) is 10.0 Å². The van der Waals surface area contributed by atoms with Gasteiger partial charge in [-0.3, -0.25) is 9.59 Å². The summed E-state index contributed by atoms with van der Waals surface area (Å²) >= 11 is 12.5. The van der Waals surface area contributed by atoms with E-state index < -0.39 is 17.7 Å². The Morgan fingerprint density at radius 3 is 2.09 bits per heavy atom. The van der Waals surface area contributed by atoms with Gasteiger partial charge in [-0.2, -0.15) is 10.2 Å². The zero-order chi connectivity index (χ0) is 26.0. The topological polar surface area (TPSA) is 108 Å². The molecule has 35 heavy (non-hydrogen) atoms. The molecule has 1 unspecified atom stereocenters. The highest BCUT2D eigenvalue weighted by Crippen LogP contribution is 2.42. The Hall–Kier alpha value is -3.04. The summed E-state index contributed by atoms with van der Waals surface area (Å²) in [5.74, 6) is -0.0338. The number of Topliss-reactive ketones (excluding diaryl/α,β-unsaturated/α-hetero) is 1. The Morgan fingerprint density at radius 1 is 0.886 bits per heavy atom. The summed E-state index contributed by atoms with van der Waals surface area (Å²) in [6.45, 7) is 9.76. The summed E-state index contributed by atoms with van der Waals surface area (Å²) in [4.78, 5) is 25.5. The first-order valence-corrected chi connectivity index (χ1v) is 11.9. The molecule has 2 rings (SSSR count). The third-order valence-corrected chi connectivity index (χ3v) is 4.93. The Bertz CT molecular complexity index is 1080. The Morgan fingerprint density at radius 2 is 1.49 bits per heavy atom. The highest BCUT2D eigenvalue weighted by molar-refractivity contribution is 6.33. The molecule has 1 atom stereocenters. The zero-order valence-electron chi connectivity index (χ0n) is 20.3. The molecule has 11 heteroatoms. The Kier molecular flexibility index (Phi) is 11.1. The van der Waals surface area contributed by atoms with Gasteiger partial charge in [0.25, 0.3) is 5.91 Å². The van der Waals surface area contributed by atoms with E-state index in [4.69, 9.17) is 42.1 Å². The average molecular weight is 526 g/mol. The summed E-state index contributed by atoms with van der Waals surface area (Å²) in [6.07, 6.45) is 0. The zero-order valence-corrected chi connectivity index (χ0v) is 21.8. The number of amides is 1. The molecule has 0 spiro atoms. The fourth-order valence-corrected chi connectivity index (χ4v) is 3.44. The molecule has 9 nitrogen and oxygen atoms in total. The van der Waals surface area contributed by atoms with Gasteiger partial charge in [-0.15, -0.1) is 0 Å². The third-order valence-electron chi connectivity index (χ3n) is 4.41. The fourth-order valence-electron chi connectivity index (χ4n) is 3.03. The fraction of sp³-hybridized carbons (Fsp3) is 0.417. The first kappa shape index (κ1) is 28.2. The van der Waals surface area contributed by atoms with Crippen LogP contribution < -0.4 is 24.3 Å². The third kappa shape index (κ3) is 7.47. The monoisotopic (exact) mass is 525 g/mol. The lowest BCUT2D eigenvalue weighted by Gasteiger charge is -2.18. The number of carbonyl (C=O) groups is 2. The highest BCUT2D eigenvalue weighted by Gasteiger charge is 2.27. The number of ether oxygens (including phenoxy) is 4. The number of rotatable bonds is 13. The van der Waals surface area contributed by atoms with Crippen molar-refractivity contribution in [2.75, 3.05) is 31.7 Å². The van der Waals surface area contributed by atoms with Gasteiger partial charge in [0, 0.05) is 11.1 Å². The van der Waals surface area contributed by atoms with Crippen LogP contribution in [0.1, 0.15) is 34.6 Å². The normalized spacial score (nSPS) is 11.7. The van der Waals surface area contributed by atoms with Gasteiger partial charge in [-0.25, -0.2) is 0 Å². The molecule has 0 bridgehead atoms. The predicted molar refractivity (Wildman–Crippen MR) is 135 cm³/mol. The summed E-state index contributed by atoms with van der Waals surface area (Å²) < 4.78 is 22.4. The maximum absolute atomic E-state index is 13.1. The smallest absolute Gasteiger partial charge is 0.259 e. The van der Waals surface area contributed by atoms with Gasteiger partial charge >= 0.3 is 0 Å². The van der Waals surface area contributed by atoms with Crippen LogP contribution in [0.15, 0.2) is 34.5 Å². The van der Waals surface area contributed by atoms with Crippen LogP contribution in [0.5, 0.6) is 23.0 Å². The van der Waals surface area contributed by atoms with Crippen molar-refractivity contribution in [1.29, 1.82) is 0 Å². The van der Waals surface area contributed by atoms with Crippen LogP contribution in [-0.2, 0) is 9.59 Å². The van der Waals surface area contributed by atoms with Gasteiger partial charge in [-0.1, -0.05) is 23.2 Å². The number of hydrogen-bond donors (Lipinski definition) is 1. The van der Waals surface area contributed by atoms with E-state index in [-0.39, 0.29) is 22.1 Å². The lowest BCUT2D eigenvalue weighted by atomic mass is 10.2. The van der Waals surface area contributed by atoms with Crippen molar-refractivity contribution in [3.05, 3.63) is 34.3 Å². The van der Waals surface area contributed by atoms with Crippen molar-refractivity contribution in [2.45, 2.75) is 40.7 Å². The van der Waals surface area contributed by atoms with Crippen LogP contribution in [-0.4, -0.2) is 44.2 Å². The molecule has 0 fully saturated rings. The Labute approximate surface area is 214 Å². The number of carbonyl (C=O) groups excluding carboxylic acids is 2. The van der Waals surface area contributed by atoms with E-state index in [9.17, 15) is 9.59 Å². The summed E-state index contributed by atoms with van der Waals surface area (Å²) in [5, 5.41) is 11.4. The first-order chi connectivity index (χ1) is 16.8. The molecule has 0 radical (unpaired) electrons. The van der Waals surface area contributed by atoms with Crippen LogP contribution in [0.4, 0.5) is 11.4 Å². The molecule has 0 aliphatic rings. The number of azo groups is 1. The summed E-state index contributed by atoms with van der Waals surface area (Å²) in [5.41, 5.74) is 0.415. The maximum Gasteiger partial charge on any atom is 0.259 e. The molecule has 1 amide bonds. The van der Waals surface area contributed by atoms with E-state index in [1.807, 2.05) is 6.92 Å². The molecule has 2 aromatic rings. The van der Waals surface area contributed by atoms with E-state index in [1.54, 1.807) is 39.0 Å². The van der Waals surface area contributed by atoms with Gasteiger partial charge in [-0.05, 0) is 52.8 Å². The summed E-state index contributed by atoms with van der Waals surface area (Å²) in [6, 6.07) is 4.82. The van der Waals surface area contributed by atoms with E-state index in [1.165, 1.54) is 13.0 Å². The second kappa shape index (κ2) is 13.7. The first-order valence-electron chi connectivity index (χ1n) is 11.2. The lowest BCUT2D eigenvalue weighted by Crippen LogP contribution is -2.32. The average Bonchev–Trinajstić information content (AvgIpc) is 2.80. The summed E-state index contributed by atoms with van der Waals surface area (Å²) in [7, 11) is 0. The number of nitrogens with zero attached hydrogens (tertiary/aromatic N) is 2. The van der Waals surface area contributed by atoms with E-state index in [2.05, 4.69) is 15.5 Å². The molecule has 0 heterocycles. The minimum absolute atomic E-state index is 0.198. The van der Waals surface area contributed by atoms with Gasteiger partial charge in [0.2, 0.25) is 6.04 Å². The molecular weight excluding hydrogens is 497 g/mol. The van der Waals surface area contributed by atoms with Crippen LogP contribution in [0.3, 0.4) is 0 Å². The molecule has 0 aliphatic carbocycles. The molecule has 0 aromatic heterocycles. The van der Waals surface area contributed by atoms with Gasteiger partial charge in [0.15, 0.2) is 23.0 Å². The molecule has 1 N–H and O–H groups in total. The van der Waals surface area contributed by atoms with E-state index in [0.717, 1.165) is 0 Å². The molecule has 2 aromatic carbocycles. The molecule has 0 aliphatic heterocycles. The van der Waals surface area contributed by atoms with Crippen molar-refractivity contribution in [3.8, 4) is 23.0 Å². The number of halogens is 2. The molecular formula is C24H29Cl2N3O6. The molecule has 190 valence electrons. The number of nitrogens with one attached hydrogen (secondary N) is 1. The standard InChI is InChI=1S/C24H29Cl2N3O6/c1-6-32-18-11-10-16(26)22(34-8-3)21(18)27-24(31)20(14(5)30)29-28-17-12-15(25)13-19(33-7-2)23(17)35-9-4/h10-13,20H,6-9H2,1-5H3,(H,27,31). The van der Waals surface area contributed by atoms with Crippen LogP contribution in [0, 0.1) is 0 Å². The van der Waals surface area contributed by atoms with E-state index >= 15 is 0 Å². The van der Waals surface area contributed by atoms with Crippen molar-refractivity contribution in [3.63, 3.8) is 0 Å². The second-order valence-electron chi connectivity index (χ2n) is 6.95. The molecule has 0 saturated carbocycles. The van der Waals surface area contributed by atoms with Gasteiger partial charge < -0.3 is 24.3 Å². The van der Waals surface area contributed by atoms with Crippen molar-refractivity contribution in [1.82, 2.24) is 0 Å². The molecule has 0 saturated heterocycles. The largest absolute Gasteiger partial charge is 0.492 e. The highest BCUT2D eigenvalue weighted by atomic mass is 35.5. The number of hydrogen-bond acceptors (Lipinski definition) is 8. The minimum Gasteiger partial charge on any atom is -0.492 e. The van der Waals surface area contributed by atoms with Crippen molar-refractivity contribution >= 4 is 46.3 Å². The van der Waals surface area contributed by atoms with Gasteiger partial charge in [0.1, 0.15) is 17.1 Å². The quantitative estimate of drug-likeness (QED) is 0.244.